The van der Waals surface area contributed by atoms with Crippen LogP contribution < -0.4 is 14.8 Å². The third kappa shape index (κ3) is 4.72. The van der Waals surface area contributed by atoms with Gasteiger partial charge in [0.1, 0.15) is 0 Å². The zero-order valence-corrected chi connectivity index (χ0v) is 15.4. The number of benzene rings is 1. The van der Waals surface area contributed by atoms with Crippen LogP contribution in [0, 0.1) is 0 Å². The van der Waals surface area contributed by atoms with Crippen molar-refractivity contribution in [3.8, 4) is 11.5 Å². The molecule has 1 aromatic carbocycles. The first-order valence-electron chi connectivity index (χ1n) is 7.76. The molecule has 130 valence electrons. The molecule has 1 atom stereocenters. The van der Waals surface area contributed by atoms with E-state index in [1.807, 2.05) is 36.2 Å². The lowest BCUT2D eigenvalue weighted by molar-refractivity contribution is -0.122. The predicted molar refractivity (Wildman–Crippen MR) is 96.8 cm³/mol. The van der Waals surface area contributed by atoms with Crippen molar-refractivity contribution >= 4 is 17.2 Å². The number of thiophene rings is 1. The molecule has 0 spiro atoms. The zero-order chi connectivity index (χ0) is 17.5. The van der Waals surface area contributed by atoms with Crippen molar-refractivity contribution in [2.24, 2.45) is 0 Å². The molecule has 1 amide bonds. The van der Waals surface area contributed by atoms with Crippen molar-refractivity contribution < 1.29 is 14.3 Å². The first-order chi connectivity index (χ1) is 11.5. The summed E-state index contributed by atoms with van der Waals surface area (Å²) < 4.78 is 10.5. The normalized spacial score (nSPS) is 12.0. The summed E-state index contributed by atoms with van der Waals surface area (Å²) in [4.78, 5) is 15.5. The Morgan fingerprint density at radius 3 is 2.62 bits per heavy atom. The van der Waals surface area contributed by atoms with Crippen molar-refractivity contribution in [2.75, 3.05) is 27.8 Å². The summed E-state index contributed by atoms with van der Waals surface area (Å²) in [6.45, 7) is 2.92. The van der Waals surface area contributed by atoms with Gasteiger partial charge in [-0.2, -0.15) is 0 Å². The molecule has 0 unspecified atom stereocenters. The number of rotatable bonds is 8. The zero-order valence-electron chi connectivity index (χ0n) is 14.5. The van der Waals surface area contributed by atoms with Crippen LogP contribution in [0.1, 0.15) is 23.4 Å². The first kappa shape index (κ1) is 18.3. The topological polar surface area (TPSA) is 50.8 Å². The molecular formula is C18H24N2O3S. The molecule has 0 aliphatic heterocycles. The third-order valence-corrected chi connectivity index (χ3v) is 4.99. The molecule has 0 saturated heterocycles. The number of nitrogens with zero attached hydrogens (tertiary/aromatic N) is 1. The Labute approximate surface area is 147 Å². The van der Waals surface area contributed by atoms with Gasteiger partial charge < -0.3 is 14.8 Å². The van der Waals surface area contributed by atoms with E-state index in [0.29, 0.717) is 24.6 Å². The summed E-state index contributed by atoms with van der Waals surface area (Å²) in [5.74, 6) is 1.33. The number of hydrogen-bond acceptors (Lipinski definition) is 5. The molecule has 2 rings (SSSR count). The lowest BCUT2D eigenvalue weighted by atomic mass is 10.2. The first-order valence-corrected chi connectivity index (χ1v) is 8.64. The lowest BCUT2D eigenvalue weighted by Gasteiger charge is -2.23. The van der Waals surface area contributed by atoms with Gasteiger partial charge in [0.25, 0.3) is 0 Å². The van der Waals surface area contributed by atoms with Crippen LogP contribution in [0.15, 0.2) is 35.7 Å². The minimum atomic E-state index is -0.00399. The number of amides is 1. The Kier molecular flexibility index (Phi) is 6.63. The van der Waals surface area contributed by atoms with Crippen molar-refractivity contribution in [3.05, 3.63) is 46.2 Å². The summed E-state index contributed by atoms with van der Waals surface area (Å²) >= 11 is 1.71. The van der Waals surface area contributed by atoms with Crippen LogP contribution >= 0.6 is 11.3 Å². The molecule has 0 aliphatic carbocycles. The highest BCUT2D eigenvalue weighted by molar-refractivity contribution is 7.10. The van der Waals surface area contributed by atoms with Gasteiger partial charge in [0.05, 0.1) is 20.8 Å². The molecule has 1 N–H and O–H groups in total. The van der Waals surface area contributed by atoms with E-state index in [1.165, 1.54) is 4.88 Å². The highest BCUT2D eigenvalue weighted by Crippen LogP contribution is 2.27. The number of methoxy groups -OCH3 is 2. The quantitative estimate of drug-likeness (QED) is 0.796. The van der Waals surface area contributed by atoms with E-state index in [0.717, 1.165) is 5.56 Å². The van der Waals surface area contributed by atoms with E-state index in [9.17, 15) is 4.79 Å². The van der Waals surface area contributed by atoms with Gasteiger partial charge in [-0.05, 0) is 43.1 Å². The maximum Gasteiger partial charge on any atom is 0.234 e. The SMILES string of the molecule is COc1ccc(CNC(=O)CN(C)[C@H](C)c2cccs2)cc1OC. The Morgan fingerprint density at radius 1 is 1.25 bits per heavy atom. The highest BCUT2D eigenvalue weighted by atomic mass is 32.1. The van der Waals surface area contributed by atoms with E-state index >= 15 is 0 Å². The fraction of sp³-hybridized carbons (Fsp3) is 0.389. The Balaban J connectivity index is 1.86. The Hall–Kier alpha value is -2.05. The molecule has 0 radical (unpaired) electrons. The van der Waals surface area contributed by atoms with Crippen LogP contribution in [0.25, 0.3) is 0 Å². The summed E-state index contributed by atoms with van der Waals surface area (Å²) in [7, 11) is 5.16. The van der Waals surface area contributed by atoms with Gasteiger partial charge in [-0.15, -0.1) is 11.3 Å². The summed E-state index contributed by atoms with van der Waals surface area (Å²) in [6, 6.07) is 9.97. The molecular weight excluding hydrogens is 324 g/mol. The highest BCUT2D eigenvalue weighted by Gasteiger charge is 2.15. The average Bonchev–Trinajstić information content (AvgIpc) is 3.13. The van der Waals surface area contributed by atoms with Gasteiger partial charge in [-0.1, -0.05) is 12.1 Å². The number of ether oxygens (including phenoxy) is 2. The van der Waals surface area contributed by atoms with Gasteiger partial charge in [0.2, 0.25) is 5.91 Å². The van der Waals surface area contributed by atoms with Crippen LogP contribution in [0.3, 0.4) is 0 Å². The van der Waals surface area contributed by atoms with E-state index in [-0.39, 0.29) is 11.9 Å². The van der Waals surface area contributed by atoms with E-state index in [1.54, 1.807) is 25.6 Å². The maximum atomic E-state index is 12.2. The lowest BCUT2D eigenvalue weighted by Crippen LogP contribution is -2.35. The molecule has 1 heterocycles. The summed E-state index contributed by atoms with van der Waals surface area (Å²) in [5, 5.41) is 5.00. The van der Waals surface area contributed by atoms with Crippen molar-refractivity contribution in [1.82, 2.24) is 10.2 Å². The van der Waals surface area contributed by atoms with Gasteiger partial charge in [-0.3, -0.25) is 9.69 Å². The monoisotopic (exact) mass is 348 g/mol. The predicted octanol–water partition coefficient (Wildman–Crippen LogP) is 3.07. The second-order valence-electron chi connectivity index (χ2n) is 5.57. The molecule has 0 saturated carbocycles. The van der Waals surface area contributed by atoms with Crippen molar-refractivity contribution in [1.29, 1.82) is 0 Å². The van der Waals surface area contributed by atoms with E-state index in [2.05, 4.69) is 23.7 Å². The number of nitrogens with one attached hydrogen (secondary N) is 1. The number of carbonyl (C=O) groups is 1. The molecule has 0 fully saturated rings. The fourth-order valence-corrected chi connectivity index (χ4v) is 3.21. The summed E-state index contributed by atoms with van der Waals surface area (Å²) in [6.07, 6.45) is 0. The van der Waals surface area contributed by atoms with Gasteiger partial charge in [0, 0.05) is 17.5 Å². The second kappa shape index (κ2) is 8.70. The molecule has 2 aromatic rings. The standard InChI is InChI=1S/C18H24N2O3S/c1-13(17-6-5-9-24-17)20(2)12-18(21)19-11-14-7-8-15(22-3)16(10-14)23-4/h5-10,13H,11-12H2,1-4H3,(H,19,21)/t13-/m1/s1. The van der Waals surface area contributed by atoms with Crippen LogP contribution in [-0.4, -0.2) is 38.6 Å². The molecule has 24 heavy (non-hydrogen) atoms. The Morgan fingerprint density at radius 2 is 2.00 bits per heavy atom. The van der Waals surface area contributed by atoms with Gasteiger partial charge in [0.15, 0.2) is 11.5 Å². The maximum absolute atomic E-state index is 12.2. The van der Waals surface area contributed by atoms with Gasteiger partial charge >= 0.3 is 0 Å². The molecule has 0 bridgehead atoms. The second-order valence-corrected chi connectivity index (χ2v) is 6.55. The van der Waals surface area contributed by atoms with E-state index < -0.39 is 0 Å². The fourth-order valence-electron chi connectivity index (χ4n) is 2.36. The van der Waals surface area contributed by atoms with E-state index in [4.69, 9.17) is 9.47 Å². The van der Waals surface area contributed by atoms with Crippen LogP contribution in [-0.2, 0) is 11.3 Å². The number of hydrogen-bond donors (Lipinski definition) is 1. The Bertz CT molecular complexity index is 658. The van der Waals surface area contributed by atoms with Crippen molar-refractivity contribution in [3.63, 3.8) is 0 Å². The molecule has 1 aromatic heterocycles. The third-order valence-electron chi connectivity index (χ3n) is 3.95. The number of likely N-dealkylation sites (N-methyl/N-ethyl adjacent to an activating group) is 1. The molecule has 5 nitrogen and oxygen atoms in total. The van der Waals surface area contributed by atoms with Crippen LogP contribution in [0.5, 0.6) is 11.5 Å². The van der Waals surface area contributed by atoms with Crippen molar-refractivity contribution in [2.45, 2.75) is 19.5 Å². The summed E-state index contributed by atoms with van der Waals surface area (Å²) in [5.41, 5.74) is 0.968. The van der Waals surface area contributed by atoms with Crippen LogP contribution in [0.4, 0.5) is 0 Å². The minimum Gasteiger partial charge on any atom is -0.493 e. The minimum absolute atomic E-state index is 0.00399. The molecule has 6 heteroatoms. The largest absolute Gasteiger partial charge is 0.493 e. The number of carbonyl (C=O) groups excluding carboxylic acids is 1. The van der Waals surface area contributed by atoms with Gasteiger partial charge in [-0.25, -0.2) is 0 Å². The molecule has 0 aliphatic rings. The van der Waals surface area contributed by atoms with Crippen LogP contribution in [0.2, 0.25) is 0 Å². The average molecular weight is 348 g/mol. The smallest absolute Gasteiger partial charge is 0.234 e.